The number of carbonyl (C=O) groups is 1. The zero-order valence-corrected chi connectivity index (χ0v) is 13.2. The summed E-state index contributed by atoms with van der Waals surface area (Å²) < 4.78 is 12.0. The van der Waals surface area contributed by atoms with E-state index in [2.05, 4.69) is 4.98 Å². The quantitative estimate of drug-likeness (QED) is 0.278. The van der Waals surface area contributed by atoms with Crippen LogP contribution < -0.4 is 11.2 Å². The van der Waals surface area contributed by atoms with Gasteiger partial charge in [-0.3, -0.25) is 20.0 Å². The second-order valence-corrected chi connectivity index (χ2v) is 5.90. The maximum Gasteiger partial charge on any atom is 0.351 e. The first-order valence-electron chi connectivity index (χ1n) is 7.34. The standard InChI is InChI=1S/C13H20BN3O6/c1-7(2)11(18)23-13(14,20)8-3-4-10(22-8)17-6-5-9(16-21)15-12(17)19/h5-8,10,20-21H,3-4,14H2,1-2H3,(H,15,16,19). The number of rotatable bonds is 5. The van der Waals surface area contributed by atoms with E-state index in [9.17, 15) is 14.7 Å². The van der Waals surface area contributed by atoms with Gasteiger partial charge in [-0.25, -0.2) is 4.79 Å². The molecule has 0 spiro atoms. The van der Waals surface area contributed by atoms with E-state index in [1.807, 2.05) is 0 Å². The van der Waals surface area contributed by atoms with Gasteiger partial charge in [0.25, 0.3) is 0 Å². The molecule has 3 N–H and O–H groups in total. The van der Waals surface area contributed by atoms with E-state index in [0.717, 1.165) is 0 Å². The van der Waals surface area contributed by atoms with Crippen molar-refractivity contribution < 1.29 is 24.6 Å². The predicted molar refractivity (Wildman–Crippen MR) is 81.5 cm³/mol. The number of nitrogens with one attached hydrogen (secondary N) is 1. The van der Waals surface area contributed by atoms with Crippen molar-refractivity contribution >= 4 is 19.6 Å². The fraction of sp³-hybridized carbons (Fsp3) is 0.615. The molecule has 10 heteroatoms. The Labute approximate surface area is 133 Å². The highest BCUT2D eigenvalue weighted by atomic mass is 16.7. The molecular formula is C13H20BN3O6. The van der Waals surface area contributed by atoms with Gasteiger partial charge in [-0.15, -0.1) is 0 Å². The van der Waals surface area contributed by atoms with Gasteiger partial charge in [0.05, 0.1) is 5.92 Å². The average molecular weight is 325 g/mol. The lowest BCUT2D eigenvalue weighted by atomic mass is 9.87. The Morgan fingerprint density at radius 2 is 2.30 bits per heavy atom. The zero-order valence-electron chi connectivity index (χ0n) is 13.2. The van der Waals surface area contributed by atoms with Crippen LogP contribution in [0.2, 0.25) is 0 Å². The van der Waals surface area contributed by atoms with Crippen LogP contribution in [0.15, 0.2) is 17.1 Å². The van der Waals surface area contributed by atoms with Gasteiger partial charge >= 0.3 is 11.7 Å². The van der Waals surface area contributed by atoms with Gasteiger partial charge in [-0.2, -0.15) is 4.98 Å². The lowest BCUT2D eigenvalue weighted by Crippen LogP contribution is -2.47. The van der Waals surface area contributed by atoms with E-state index in [4.69, 9.17) is 14.7 Å². The third kappa shape index (κ3) is 3.90. The fourth-order valence-corrected chi connectivity index (χ4v) is 2.30. The first-order chi connectivity index (χ1) is 10.7. The summed E-state index contributed by atoms with van der Waals surface area (Å²) in [4.78, 5) is 27.2. The number of carbonyl (C=O) groups excluding carboxylic acids is 1. The van der Waals surface area contributed by atoms with Crippen LogP contribution in [0.4, 0.5) is 5.82 Å². The number of ether oxygens (including phenoxy) is 2. The number of hydrogen-bond acceptors (Lipinski definition) is 8. The summed E-state index contributed by atoms with van der Waals surface area (Å²) >= 11 is 0. The van der Waals surface area contributed by atoms with Crippen molar-refractivity contribution in [3.8, 4) is 0 Å². The molecule has 0 saturated carbocycles. The first-order valence-corrected chi connectivity index (χ1v) is 7.34. The summed E-state index contributed by atoms with van der Waals surface area (Å²) in [5.41, 5.74) is -0.593. The molecule has 3 unspecified atom stereocenters. The van der Waals surface area contributed by atoms with Crippen molar-refractivity contribution in [3.63, 3.8) is 0 Å². The Morgan fingerprint density at radius 1 is 1.61 bits per heavy atom. The Bertz CT molecular complexity index is 632. The molecule has 0 aromatic carbocycles. The van der Waals surface area contributed by atoms with Crippen LogP contribution in [-0.4, -0.2) is 45.5 Å². The second-order valence-electron chi connectivity index (χ2n) is 5.90. The van der Waals surface area contributed by atoms with E-state index in [-0.39, 0.29) is 11.7 Å². The summed E-state index contributed by atoms with van der Waals surface area (Å²) in [5, 5.41) is 19.1. The maximum absolute atomic E-state index is 11.9. The van der Waals surface area contributed by atoms with Crippen LogP contribution in [0.1, 0.15) is 32.9 Å². The van der Waals surface area contributed by atoms with Crippen LogP contribution in [0.25, 0.3) is 0 Å². The van der Waals surface area contributed by atoms with E-state index >= 15 is 0 Å². The Kier molecular flexibility index (Phi) is 5.08. The molecule has 0 radical (unpaired) electrons. The molecule has 1 aromatic rings. The monoisotopic (exact) mass is 325 g/mol. The van der Waals surface area contributed by atoms with E-state index in [1.54, 1.807) is 19.3 Å². The van der Waals surface area contributed by atoms with Crippen LogP contribution >= 0.6 is 0 Å². The average Bonchev–Trinajstić information content (AvgIpc) is 2.96. The van der Waals surface area contributed by atoms with E-state index in [0.29, 0.717) is 12.8 Å². The van der Waals surface area contributed by atoms with Crippen molar-refractivity contribution in [2.24, 2.45) is 5.92 Å². The highest BCUT2D eigenvalue weighted by Gasteiger charge is 2.42. The Hall–Kier alpha value is -1.91. The molecule has 0 bridgehead atoms. The van der Waals surface area contributed by atoms with Gasteiger partial charge in [0.1, 0.15) is 12.3 Å². The highest BCUT2D eigenvalue weighted by Crippen LogP contribution is 2.33. The lowest BCUT2D eigenvalue weighted by molar-refractivity contribution is -0.218. The van der Waals surface area contributed by atoms with Gasteiger partial charge in [0.15, 0.2) is 19.4 Å². The smallest absolute Gasteiger partial charge is 0.351 e. The van der Waals surface area contributed by atoms with Crippen LogP contribution in [0.3, 0.4) is 0 Å². The number of hydrogen-bond donors (Lipinski definition) is 3. The molecule has 1 aliphatic heterocycles. The number of aromatic nitrogens is 2. The summed E-state index contributed by atoms with van der Waals surface area (Å²) in [6.07, 6.45) is 0.911. The van der Waals surface area contributed by atoms with Crippen LogP contribution in [0.5, 0.6) is 0 Å². The molecule has 1 aliphatic rings. The van der Waals surface area contributed by atoms with Crippen LogP contribution in [0, 0.1) is 5.92 Å². The molecule has 1 saturated heterocycles. The van der Waals surface area contributed by atoms with E-state index < -0.39 is 29.7 Å². The van der Waals surface area contributed by atoms with Crippen molar-refractivity contribution in [2.45, 2.75) is 44.7 Å². The summed E-state index contributed by atoms with van der Waals surface area (Å²) in [6.45, 7) is 3.33. The molecule has 9 nitrogen and oxygen atoms in total. The van der Waals surface area contributed by atoms with Gasteiger partial charge in [-0.1, -0.05) is 13.8 Å². The van der Waals surface area contributed by atoms with E-state index in [1.165, 1.54) is 24.7 Å². The normalized spacial score (nSPS) is 23.5. The van der Waals surface area contributed by atoms with Gasteiger partial charge in [0, 0.05) is 6.20 Å². The molecule has 2 rings (SSSR count). The lowest BCUT2D eigenvalue weighted by Gasteiger charge is -2.30. The molecule has 2 heterocycles. The highest BCUT2D eigenvalue weighted by molar-refractivity contribution is 6.14. The molecule has 0 aliphatic carbocycles. The number of nitrogens with zero attached hydrogens (tertiary/aromatic N) is 2. The number of anilines is 1. The van der Waals surface area contributed by atoms with Gasteiger partial charge < -0.3 is 14.6 Å². The summed E-state index contributed by atoms with van der Waals surface area (Å²) in [6, 6.07) is 1.41. The topological polar surface area (TPSA) is 123 Å². The minimum atomic E-state index is -1.78. The summed E-state index contributed by atoms with van der Waals surface area (Å²) in [5.74, 6) is -0.873. The Balaban J connectivity index is 2.09. The van der Waals surface area contributed by atoms with Crippen molar-refractivity contribution in [1.29, 1.82) is 0 Å². The SMILES string of the molecule is BC(O)(OC(=O)C(C)C)C1CCC(n2ccc(NO)nc2=O)O1. The third-order valence-electron chi connectivity index (χ3n) is 3.63. The molecule has 23 heavy (non-hydrogen) atoms. The molecular weight excluding hydrogens is 305 g/mol. The summed E-state index contributed by atoms with van der Waals surface area (Å²) in [7, 11) is 1.36. The Morgan fingerprint density at radius 3 is 2.87 bits per heavy atom. The first kappa shape index (κ1) is 17.4. The molecule has 1 aromatic heterocycles. The molecule has 3 atom stereocenters. The minimum Gasteiger partial charge on any atom is -0.440 e. The van der Waals surface area contributed by atoms with Crippen molar-refractivity contribution in [2.75, 3.05) is 5.48 Å². The van der Waals surface area contributed by atoms with Crippen molar-refractivity contribution in [1.82, 2.24) is 9.55 Å². The van der Waals surface area contributed by atoms with Gasteiger partial charge in [0.2, 0.25) is 0 Å². The molecule has 0 amide bonds. The molecule has 126 valence electrons. The van der Waals surface area contributed by atoms with Gasteiger partial charge in [-0.05, 0) is 18.9 Å². The zero-order chi connectivity index (χ0) is 17.2. The predicted octanol–water partition coefficient (Wildman–Crippen LogP) is -0.800. The van der Waals surface area contributed by atoms with Crippen molar-refractivity contribution in [3.05, 3.63) is 22.7 Å². The third-order valence-corrected chi connectivity index (χ3v) is 3.63. The second kappa shape index (κ2) is 6.69. The number of aliphatic hydroxyl groups is 1. The fourth-order valence-electron chi connectivity index (χ4n) is 2.30. The molecule has 1 fully saturated rings. The minimum absolute atomic E-state index is 0.0265. The van der Waals surface area contributed by atoms with Crippen LogP contribution in [-0.2, 0) is 14.3 Å². The maximum atomic E-state index is 11.9. The largest absolute Gasteiger partial charge is 0.440 e. The number of esters is 1.